The summed E-state index contributed by atoms with van der Waals surface area (Å²) >= 11 is 0. The molecule has 2 rings (SSSR count). The number of methoxy groups -OCH3 is 1. The number of benzene rings is 1. The smallest absolute Gasteiger partial charge is 0.118 e. The standard InChI is InChI=1S/C14H16O/c1-15-14-9-7-13(8-10-14)11-12-5-3-2-4-6-12/h3,5-10H,2,4,11H2,1H3. The molecule has 0 heterocycles. The van der Waals surface area contributed by atoms with Crippen molar-refractivity contribution in [3.63, 3.8) is 0 Å². The van der Waals surface area contributed by atoms with Crippen LogP contribution in [0.2, 0.25) is 0 Å². The Balaban J connectivity index is 2.04. The lowest BCUT2D eigenvalue weighted by Crippen LogP contribution is -1.91. The molecule has 15 heavy (non-hydrogen) atoms. The lowest BCUT2D eigenvalue weighted by atomic mass is 10.00. The van der Waals surface area contributed by atoms with Crippen molar-refractivity contribution in [2.45, 2.75) is 19.3 Å². The predicted octanol–water partition coefficient (Wildman–Crippen LogP) is 3.51. The van der Waals surface area contributed by atoms with Crippen molar-refractivity contribution >= 4 is 0 Å². The van der Waals surface area contributed by atoms with Gasteiger partial charge in [-0.05, 0) is 42.5 Å². The van der Waals surface area contributed by atoms with Crippen LogP contribution >= 0.6 is 0 Å². The minimum absolute atomic E-state index is 0.923. The van der Waals surface area contributed by atoms with Crippen LogP contribution < -0.4 is 4.74 Å². The van der Waals surface area contributed by atoms with Gasteiger partial charge in [-0.15, -0.1) is 0 Å². The monoisotopic (exact) mass is 200 g/mol. The molecule has 0 saturated carbocycles. The highest BCUT2D eigenvalue weighted by atomic mass is 16.5. The van der Waals surface area contributed by atoms with E-state index < -0.39 is 0 Å². The summed E-state index contributed by atoms with van der Waals surface area (Å²) in [5.41, 5.74) is 2.76. The summed E-state index contributed by atoms with van der Waals surface area (Å²) in [7, 11) is 1.70. The van der Waals surface area contributed by atoms with Crippen LogP contribution in [-0.4, -0.2) is 7.11 Å². The Hall–Kier alpha value is -1.50. The molecule has 1 aromatic carbocycles. The summed E-state index contributed by atoms with van der Waals surface area (Å²) in [5.74, 6) is 0.923. The van der Waals surface area contributed by atoms with Crippen LogP contribution in [0.1, 0.15) is 18.4 Å². The first-order valence-electron chi connectivity index (χ1n) is 5.37. The van der Waals surface area contributed by atoms with Gasteiger partial charge in [-0.2, -0.15) is 0 Å². The molecule has 0 aromatic heterocycles. The van der Waals surface area contributed by atoms with Crippen molar-refractivity contribution in [3.05, 3.63) is 53.6 Å². The Morgan fingerprint density at radius 2 is 1.93 bits per heavy atom. The van der Waals surface area contributed by atoms with Crippen molar-refractivity contribution in [2.24, 2.45) is 0 Å². The largest absolute Gasteiger partial charge is 0.497 e. The summed E-state index contributed by atoms with van der Waals surface area (Å²) in [6.07, 6.45) is 10.2. The molecule has 0 fully saturated rings. The zero-order valence-electron chi connectivity index (χ0n) is 9.07. The molecule has 0 saturated heterocycles. The van der Waals surface area contributed by atoms with Crippen LogP contribution in [0.15, 0.2) is 48.1 Å². The highest BCUT2D eigenvalue weighted by Crippen LogP contribution is 2.17. The molecule has 1 aliphatic carbocycles. The van der Waals surface area contributed by atoms with E-state index in [-0.39, 0.29) is 0 Å². The average molecular weight is 200 g/mol. The molecule has 1 heteroatoms. The lowest BCUT2D eigenvalue weighted by Gasteiger charge is -2.07. The number of hydrogen-bond donors (Lipinski definition) is 0. The van der Waals surface area contributed by atoms with E-state index in [1.807, 2.05) is 12.1 Å². The van der Waals surface area contributed by atoms with E-state index in [0.29, 0.717) is 0 Å². The fourth-order valence-corrected chi connectivity index (χ4v) is 1.78. The van der Waals surface area contributed by atoms with Gasteiger partial charge in [0.2, 0.25) is 0 Å². The molecule has 0 spiro atoms. The first-order chi connectivity index (χ1) is 7.38. The minimum atomic E-state index is 0.923. The van der Waals surface area contributed by atoms with Crippen LogP contribution in [0.4, 0.5) is 0 Å². The van der Waals surface area contributed by atoms with E-state index in [1.54, 1.807) is 7.11 Å². The Labute approximate surface area is 91.1 Å². The predicted molar refractivity (Wildman–Crippen MR) is 63.2 cm³/mol. The maximum atomic E-state index is 5.13. The van der Waals surface area contributed by atoms with E-state index in [4.69, 9.17) is 4.74 Å². The zero-order chi connectivity index (χ0) is 10.5. The van der Waals surface area contributed by atoms with Gasteiger partial charge in [0.15, 0.2) is 0 Å². The lowest BCUT2D eigenvalue weighted by molar-refractivity contribution is 0.414. The van der Waals surface area contributed by atoms with Gasteiger partial charge in [0.05, 0.1) is 7.11 Å². The Morgan fingerprint density at radius 1 is 1.13 bits per heavy atom. The molecule has 1 nitrogen and oxygen atoms in total. The molecule has 0 radical (unpaired) electrons. The summed E-state index contributed by atoms with van der Waals surface area (Å²) in [6, 6.07) is 8.29. The molecule has 0 bridgehead atoms. The molecule has 0 N–H and O–H groups in total. The van der Waals surface area contributed by atoms with E-state index >= 15 is 0 Å². The third kappa shape index (κ3) is 2.72. The van der Waals surface area contributed by atoms with Crippen LogP contribution in [0.25, 0.3) is 0 Å². The fourth-order valence-electron chi connectivity index (χ4n) is 1.78. The number of rotatable bonds is 3. The second-order valence-corrected chi connectivity index (χ2v) is 3.78. The fraction of sp³-hybridized carbons (Fsp3) is 0.286. The minimum Gasteiger partial charge on any atom is -0.497 e. The molecule has 0 unspecified atom stereocenters. The van der Waals surface area contributed by atoms with Crippen molar-refractivity contribution in [1.82, 2.24) is 0 Å². The van der Waals surface area contributed by atoms with Gasteiger partial charge in [0.25, 0.3) is 0 Å². The zero-order valence-corrected chi connectivity index (χ0v) is 9.07. The van der Waals surface area contributed by atoms with E-state index in [2.05, 4.69) is 30.4 Å². The van der Waals surface area contributed by atoms with E-state index in [0.717, 1.165) is 12.2 Å². The molecular weight excluding hydrogens is 184 g/mol. The van der Waals surface area contributed by atoms with Crippen LogP contribution in [-0.2, 0) is 6.42 Å². The number of allylic oxidation sites excluding steroid dienone is 4. The summed E-state index contributed by atoms with van der Waals surface area (Å²) < 4.78 is 5.13. The van der Waals surface area contributed by atoms with Crippen LogP contribution in [0.3, 0.4) is 0 Å². The summed E-state index contributed by atoms with van der Waals surface area (Å²) in [4.78, 5) is 0. The van der Waals surface area contributed by atoms with Gasteiger partial charge in [0.1, 0.15) is 5.75 Å². The van der Waals surface area contributed by atoms with Crippen molar-refractivity contribution in [2.75, 3.05) is 7.11 Å². The second-order valence-electron chi connectivity index (χ2n) is 3.78. The van der Waals surface area contributed by atoms with E-state index in [9.17, 15) is 0 Å². The molecule has 0 amide bonds. The van der Waals surface area contributed by atoms with Crippen LogP contribution in [0.5, 0.6) is 5.75 Å². The summed E-state index contributed by atoms with van der Waals surface area (Å²) in [6.45, 7) is 0. The first-order valence-corrected chi connectivity index (χ1v) is 5.37. The number of ether oxygens (including phenoxy) is 1. The maximum absolute atomic E-state index is 5.13. The molecule has 1 aliphatic rings. The second kappa shape index (κ2) is 4.83. The Bertz CT molecular complexity index is 371. The Kier molecular flexibility index (Phi) is 3.23. The third-order valence-electron chi connectivity index (χ3n) is 2.64. The highest BCUT2D eigenvalue weighted by molar-refractivity contribution is 5.33. The van der Waals surface area contributed by atoms with Gasteiger partial charge >= 0.3 is 0 Å². The van der Waals surface area contributed by atoms with Crippen molar-refractivity contribution < 1.29 is 4.74 Å². The highest BCUT2D eigenvalue weighted by Gasteiger charge is 1.99. The van der Waals surface area contributed by atoms with E-state index in [1.165, 1.54) is 24.0 Å². The SMILES string of the molecule is COc1ccc(CC2=CCCC=C2)cc1. The van der Waals surface area contributed by atoms with Crippen molar-refractivity contribution in [3.8, 4) is 5.75 Å². The molecule has 0 atom stereocenters. The molecule has 0 aliphatic heterocycles. The van der Waals surface area contributed by atoms with Crippen molar-refractivity contribution in [1.29, 1.82) is 0 Å². The maximum Gasteiger partial charge on any atom is 0.118 e. The third-order valence-corrected chi connectivity index (χ3v) is 2.64. The molecule has 1 aromatic rings. The normalized spacial score (nSPS) is 14.9. The molecule has 78 valence electrons. The average Bonchev–Trinajstić information content (AvgIpc) is 2.31. The van der Waals surface area contributed by atoms with Gasteiger partial charge in [-0.3, -0.25) is 0 Å². The van der Waals surface area contributed by atoms with Gasteiger partial charge < -0.3 is 4.74 Å². The Morgan fingerprint density at radius 3 is 2.53 bits per heavy atom. The molecular formula is C14H16O. The quantitative estimate of drug-likeness (QED) is 0.725. The van der Waals surface area contributed by atoms with Gasteiger partial charge in [-0.25, -0.2) is 0 Å². The topological polar surface area (TPSA) is 9.23 Å². The van der Waals surface area contributed by atoms with Crippen LogP contribution in [0, 0.1) is 0 Å². The summed E-state index contributed by atoms with van der Waals surface area (Å²) in [5, 5.41) is 0. The van der Waals surface area contributed by atoms with Gasteiger partial charge in [0, 0.05) is 0 Å². The van der Waals surface area contributed by atoms with Gasteiger partial charge in [-0.1, -0.05) is 30.4 Å². The number of hydrogen-bond acceptors (Lipinski definition) is 1. The first kappa shape index (κ1) is 10.0.